The summed E-state index contributed by atoms with van der Waals surface area (Å²) in [5.74, 6) is -0.252. The van der Waals surface area contributed by atoms with Gasteiger partial charge in [0.2, 0.25) is 0 Å². The zero-order valence-corrected chi connectivity index (χ0v) is 17.2. The maximum atomic E-state index is 12.2. The highest BCUT2D eigenvalue weighted by atomic mass is 32.1. The van der Waals surface area contributed by atoms with Gasteiger partial charge in [-0.25, -0.2) is 0 Å². The molecule has 0 bridgehead atoms. The van der Waals surface area contributed by atoms with Crippen molar-refractivity contribution in [3.8, 4) is 22.9 Å². The fourth-order valence-electron chi connectivity index (χ4n) is 2.91. The summed E-state index contributed by atoms with van der Waals surface area (Å²) in [6.45, 7) is 0.426. The number of hydrogen-bond donors (Lipinski definition) is 2. The molecular formula is C22H18F3N3O2S. The molecule has 0 aliphatic rings. The Kier molecular flexibility index (Phi) is 8.34. The molecule has 0 atom stereocenters. The van der Waals surface area contributed by atoms with E-state index in [-0.39, 0.29) is 5.75 Å². The van der Waals surface area contributed by atoms with Gasteiger partial charge in [-0.05, 0) is 47.0 Å². The monoisotopic (exact) mass is 445 g/mol. The molecule has 0 fully saturated rings. The van der Waals surface area contributed by atoms with Crippen LogP contribution < -0.4 is 15.4 Å². The van der Waals surface area contributed by atoms with Gasteiger partial charge in [0.1, 0.15) is 5.75 Å². The Bertz CT molecular complexity index is 1050. The highest BCUT2D eigenvalue weighted by Gasteiger charge is 2.30. The van der Waals surface area contributed by atoms with E-state index in [1.165, 1.54) is 12.1 Å². The molecule has 0 aromatic heterocycles. The molecule has 160 valence electrons. The predicted molar refractivity (Wildman–Crippen MR) is 115 cm³/mol. The first-order valence-electron chi connectivity index (χ1n) is 8.96. The van der Waals surface area contributed by atoms with Crippen LogP contribution in [-0.4, -0.2) is 17.6 Å². The fourth-order valence-corrected chi connectivity index (χ4v) is 2.91. The van der Waals surface area contributed by atoms with E-state index in [2.05, 4.69) is 34.0 Å². The van der Waals surface area contributed by atoms with Gasteiger partial charge in [0.25, 0.3) is 0 Å². The van der Waals surface area contributed by atoms with Crippen LogP contribution in [0.15, 0.2) is 66.7 Å². The van der Waals surface area contributed by atoms with Crippen LogP contribution in [0.5, 0.6) is 5.75 Å². The summed E-state index contributed by atoms with van der Waals surface area (Å²) in [6, 6.07) is 21.0. The minimum atomic E-state index is -4.70. The molecule has 3 aromatic rings. The lowest BCUT2D eigenvalue weighted by molar-refractivity contribution is -0.274. The van der Waals surface area contributed by atoms with E-state index in [9.17, 15) is 18.4 Å². The van der Waals surface area contributed by atoms with Gasteiger partial charge in [-0.3, -0.25) is 0 Å². The Morgan fingerprint density at radius 1 is 1.00 bits per heavy atom. The van der Waals surface area contributed by atoms with Crippen molar-refractivity contribution < 1.29 is 22.1 Å². The molecule has 0 amide bonds. The lowest BCUT2D eigenvalue weighted by atomic mass is 9.99. The summed E-state index contributed by atoms with van der Waals surface area (Å²) in [7, 11) is 1.80. The third-order valence-corrected chi connectivity index (χ3v) is 4.29. The summed E-state index contributed by atoms with van der Waals surface area (Å²) in [4.78, 5) is 0. The van der Waals surface area contributed by atoms with Crippen LogP contribution in [0.3, 0.4) is 0 Å². The van der Waals surface area contributed by atoms with E-state index in [0.717, 1.165) is 28.1 Å². The molecule has 0 aliphatic heterocycles. The molecule has 0 heterocycles. The number of benzene rings is 3. The number of rotatable bonds is 6. The molecule has 0 saturated carbocycles. The second kappa shape index (κ2) is 10.9. The van der Waals surface area contributed by atoms with Crippen LogP contribution in [0, 0.1) is 11.3 Å². The molecule has 9 heteroatoms. The maximum Gasteiger partial charge on any atom is 0.573 e. The zero-order chi connectivity index (χ0) is 22.9. The topological polar surface area (TPSA) is 74.2 Å². The Hall–Kier alpha value is -3.64. The molecule has 2 N–H and O–H groups in total. The van der Waals surface area contributed by atoms with E-state index in [1.54, 1.807) is 25.2 Å². The molecule has 0 radical (unpaired) electrons. The summed E-state index contributed by atoms with van der Waals surface area (Å²) >= 11 is 2.83. The fraction of sp³-hybridized carbons (Fsp3) is 0.136. The van der Waals surface area contributed by atoms with Crippen molar-refractivity contribution in [1.29, 1.82) is 5.26 Å². The predicted octanol–water partition coefficient (Wildman–Crippen LogP) is 5.44. The summed E-state index contributed by atoms with van der Waals surface area (Å²) in [5, 5.41) is 15.7. The molecule has 0 unspecified atom stereocenters. The van der Waals surface area contributed by atoms with Crippen LogP contribution in [0.1, 0.15) is 11.1 Å². The summed E-state index contributed by atoms with van der Waals surface area (Å²) in [5.41, 5.74) is 4.83. The van der Waals surface area contributed by atoms with Gasteiger partial charge in [-0.15, -0.1) is 13.2 Å². The average molecular weight is 445 g/mol. The van der Waals surface area contributed by atoms with Crippen LogP contribution in [-0.2, 0) is 19.1 Å². The second-order valence-electron chi connectivity index (χ2n) is 6.21. The first kappa shape index (κ1) is 23.6. The van der Waals surface area contributed by atoms with Gasteiger partial charge >= 0.3 is 6.36 Å². The number of anilines is 2. The number of ether oxygens (including phenoxy) is 1. The van der Waals surface area contributed by atoms with Crippen molar-refractivity contribution >= 4 is 23.9 Å². The SMILES string of the molecule is CNc1cc(-c2ccccc2C#N)ccc1NCc1ccc(OC(F)(F)F)cc1.O=S. The van der Waals surface area contributed by atoms with E-state index < -0.39 is 6.36 Å². The van der Waals surface area contributed by atoms with Crippen LogP contribution >= 0.6 is 0 Å². The van der Waals surface area contributed by atoms with Gasteiger partial charge in [0.15, 0.2) is 12.5 Å². The summed E-state index contributed by atoms with van der Waals surface area (Å²) < 4.78 is 48.4. The normalized spacial score (nSPS) is 10.3. The smallest absolute Gasteiger partial charge is 0.406 e. The number of halogens is 3. The van der Waals surface area contributed by atoms with E-state index in [1.807, 2.05) is 36.4 Å². The molecule has 3 aromatic carbocycles. The first-order chi connectivity index (χ1) is 14.9. The number of hydrogen-bond acceptors (Lipinski definition) is 6. The quantitative estimate of drug-likeness (QED) is 0.526. The van der Waals surface area contributed by atoms with Crippen molar-refractivity contribution in [3.63, 3.8) is 0 Å². The first-order valence-corrected chi connectivity index (χ1v) is 9.29. The van der Waals surface area contributed by atoms with E-state index in [0.29, 0.717) is 12.1 Å². The van der Waals surface area contributed by atoms with Gasteiger partial charge in [-0.2, -0.15) is 9.47 Å². The van der Waals surface area contributed by atoms with Gasteiger partial charge in [0.05, 0.1) is 23.0 Å². The Labute approximate surface area is 183 Å². The number of alkyl halides is 3. The second-order valence-corrected chi connectivity index (χ2v) is 6.21. The molecular weight excluding hydrogens is 427 g/mol. The van der Waals surface area contributed by atoms with Crippen molar-refractivity contribution in [1.82, 2.24) is 0 Å². The van der Waals surface area contributed by atoms with Gasteiger partial charge in [0, 0.05) is 13.6 Å². The Balaban J connectivity index is 0.00000166. The zero-order valence-electron chi connectivity index (χ0n) is 16.4. The molecule has 31 heavy (non-hydrogen) atoms. The molecule has 0 spiro atoms. The highest BCUT2D eigenvalue weighted by Crippen LogP contribution is 2.31. The third-order valence-electron chi connectivity index (χ3n) is 4.29. The molecule has 5 nitrogen and oxygen atoms in total. The largest absolute Gasteiger partial charge is 0.573 e. The summed E-state index contributed by atoms with van der Waals surface area (Å²) in [6.07, 6.45) is -4.70. The lowest BCUT2D eigenvalue weighted by Gasteiger charge is -2.15. The van der Waals surface area contributed by atoms with Crippen molar-refractivity contribution in [2.45, 2.75) is 12.9 Å². The van der Waals surface area contributed by atoms with Crippen molar-refractivity contribution in [2.75, 3.05) is 17.7 Å². The van der Waals surface area contributed by atoms with E-state index >= 15 is 0 Å². The molecule has 3 rings (SSSR count). The van der Waals surface area contributed by atoms with Crippen LogP contribution in [0.2, 0.25) is 0 Å². The Morgan fingerprint density at radius 3 is 2.29 bits per heavy atom. The Morgan fingerprint density at radius 2 is 1.68 bits per heavy atom. The van der Waals surface area contributed by atoms with Gasteiger partial charge in [-0.1, -0.05) is 36.4 Å². The minimum absolute atomic E-state index is 0.252. The standard InChI is InChI=1S/C22H18F3N3O.OS/c1-27-21-12-16(19-5-3-2-4-17(19)13-26)8-11-20(21)28-14-15-6-9-18(10-7-15)29-22(23,24)25;1-2/h2-12,27-28H,14H2,1H3;. The minimum Gasteiger partial charge on any atom is -0.406 e. The average Bonchev–Trinajstić information content (AvgIpc) is 2.79. The molecule has 0 aliphatic carbocycles. The number of nitrogens with zero attached hydrogens (tertiary/aromatic N) is 1. The highest BCUT2D eigenvalue weighted by molar-refractivity contribution is 7.44. The van der Waals surface area contributed by atoms with Crippen LogP contribution in [0.4, 0.5) is 24.5 Å². The molecule has 0 saturated heterocycles. The van der Waals surface area contributed by atoms with Crippen LogP contribution in [0.25, 0.3) is 11.1 Å². The third kappa shape index (κ3) is 6.69. The number of nitrogens with one attached hydrogen (secondary N) is 2. The van der Waals surface area contributed by atoms with Crippen molar-refractivity contribution in [2.24, 2.45) is 0 Å². The van der Waals surface area contributed by atoms with Crippen molar-refractivity contribution in [3.05, 3.63) is 77.9 Å². The lowest BCUT2D eigenvalue weighted by Crippen LogP contribution is -2.17. The number of nitriles is 1. The van der Waals surface area contributed by atoms with E-state index in [4.69, 9.17) is 4.21 Å². The van der Waals surface area contributed by atoms with Gasteiger partial charge < -0.3 is 15.4 Å². The maximum absolute atomic E-state index is 12.2.